The summed E-state index contributed by atoms with van der Waals surface area (Å²) < 4.78 is 1.57. The molecular formula is C25H19ClN4O2S. The summed E-state index contributed by atoms with van der Waals surface area (Å²) in [6.45, 7) is 0.627. The zero-order valence-corrected chi connectivity index (χ0v) is 19.1. The van der Waals surface area contributed by atoms with E-state index in [-0.39, 0.29) is 23.8 Å². The average Bonchev–Trinajstić information content (AvgIpc) is 2.84. The number of carbonyl (C=O) groups excluding carboxylic acids is 1. The van der Waals surface area contributed by atoms with Crippen LogP contribution in [-0.2, 0) is 13.1 Å². The molecule has 6 nitrogen and oxygen atoms in total. The molecule has 0 aliphatic rings. The molecule has 8 heteroatoms. The van der Waals surface area contributed by atoms with Crippen LogP contribution in [0.5, 0.6) is 0 Å². The first-order valence-corrected chi connectivity index (χ1v) is 11.5. The molecular weight excluding hydrogens is 456 g/mol. The highest BCUT2D eigenvalue weighted by Crippen LogP contribution is 2.20. The molecule has 0 aliphatic heterocycles. The smallest absolute Gasteiger partial charge is 0.262 e. The van der Waals surface area contributed by atoms with Crippen molar-refractivity contribution in [1.29, 1.82) is 5.26 Å². The Bertz CT molecular complexity index is 1410. The molecule has 0 radical (unpaired) electrons. The van der Waals surface area contributed by atoms with Crippen molar-refractivity contribution in [3.8, 4) is 6.07 Å². The number of nitrogens with one attached hydrogen (secondary N) is 1. The van der Waals surface area contributed by atoms with E-state index in [9.17, 15) is 9.59 Å². The van der Waals surface area contributed by atoms with Crippen molar-refractivity contribution in [2.24, 2.45) is 0 Å². The van der Waals surface area contributed by atoms with Gasteiger partial charge in [-0.1, -0.05) is 71.9 Å². The van der Waals surface area contributed by atoms with Crippen LogP contribution in [0.15, 0.2) is 82.7 Å². The third kappa shape index (κ3) is 5.25. The van der Waals surface area contributed by atoms with Crippen molar-refractivity contribution in [1.82, 2.24) is 14.9 Å². The van der Waals surface area contributed by atoms with E-state index in [1.54, 1.807) is 28.8 Å². The van der Waals surface area contributed by atoms with E-state index in [1.165, 1.54) is 11.8 Å². The fourth-order valence-electron chi connectivity index (χ4n) is 3.37. The maximum Gasteiger partial charge on any atom is 0.262 e. The first kappa shape index (κ1) is 22.6. The number of hydrogen-bond donors (Lipinski definition) is 1. The first-order chi connectivity index (χ1) is 16.1. The van der Waals surface area contributed by atoms with E-state index in [1.807, 2.05) is 48.5 Å². The van der Waals surface area contributed by atoms with Crippen LogP contribution in [0.2, 0.25) is 5.02 Å². The minimum absolute atomic E-state index is 0.157. The Balaban J connectivity index is 1.66. The van der Waals surface area contributed by atoms with Crippen molar-refractivity contribution in [3.05, 3.63) is 105 Å². The fourth-order valence-corrected chi connectivity index (χ4v) is 4.24. The van der Waals surface area contributed by atoms with Gasteiger partial charge in [-0.15, -0.1) is 0 Å². The van der Waals surface area contributed by atoms with Gasteiger partial charge >= 0.3 is 0 Å². The zero-order valence-electron chi connectivity index (χ0n) is 17.5. The van der Waals surface area contributed by atoms with Gasteiger partial charge in [-0.25, -0.2) is 4.98 Å². The van der Waals surface area contributed by atoms with E-state index in [2.05, 4.69) is 16.4 Å². The van der Waals surface area contributed by atoms with Crippen LogP contribution in [0.25, 0.3) is 10.9 Å². The number of thioether (sulfide) groups is 1. The molecule has 0 aliphatic carbocycles. The lowest BCUT2D eigenvalue weighted by Crippen LogP contribution is -2.25. The Kier molecular flexibility index (Phi) is 7.08. The third-order valence-electron chi connectivity index (χ3n) is 5.03. The highest BCUT2D eigenvalue weighted by molar-refractivity contribution is 7.99. The molecule has 1 heterocycles. The molecule has 0 saturated carbocycles. The number of rotatable bonds is 7. The molecule has 0 fully saturated rings. The Morgan fingerprint density at radius 1 is 1.09 bits per heavy atom. The molecule has 0 spiro atoms. The highest BCUT2D eigenvalue weighted by atomic mass is 35.5. The summed E-state index contributed by atoms with van der Waals surface area (Å²) in [6.07, 6.45) is 0. The Hall–Kier alpha value is -3.60. The molecule has 1 N–H and O–H groups in total. The van der Waals surface area contributed by atoms with Gasteiger partial charge in [0.2, 0.25) is 0 Å². The van der Waals surface area contributed by atoms with Crippen molar-refractivity contribution >= 4 is 40.2 Å². The number of nitriles is 1. The second kappa shape index (κ2) is 10.3. The first-order valence-electron chi connectivity index (χ1n) is 10.2. The molecule has 4 rings (SSSR count). The Morgan fingerprint density at radius 2 is 1.85 bits per heavy atom. The van der Waals surface area contributed by atoms with E-state index in [0.29, 0.717) is 33.2 Å². The lowest BCUT2D eigenvalue weighted by molar-refractivity contribution is 0.0951. The second-order valence-electron chi connectivity index (χ2n) is 7.22. The molecule has 0 atom stereocenters. The normalized spacial score (nSPS) is 10.7. The summed E-state index contributed by atoms with van der Waals surface area (Å²) in [6, 6.07) is 23.8. The molecule has 0 bridgehead atoms. The maximum absolute atomic E-state index is 13.3. The van der Waals surface area contributed by atoms with Crippen LogP contribution in [0.1, 0.15) is 21.5 Å². The fraction of sp³-hybridized carbons (Fsp3) is 0.120. The van der Waals surface area contributed by atoms with E-state index in [4.69, 9.17) is 16.9 Å². The van der Waals surface area contributed by atoms with Crippen LogP contribution in [0, 0.1) is 11.3 Å². The second-order valence-corrected chi connectivity index (χ2v) is 8.57. The summed E-state index contributed by atoms with van der Waals surface area (Å²) in [4.78, 5) is 30.6. The standard InChI is InChI=1S/C25H19ClN4O2S/c26-21-9-5-4-8-19(21)15-28-23(31)18-10-11-20-22(14-18)29-25(33-13-12-27)30(24(20)32)16-17-6-2-1-3-7-17/h1-11,14H,13,15-16H2,(H,28,31). The highest BCUT2D eigenvalue weighted by Gasteiger charge is 2.15. The third-order valence-corrected chi connectivity index (χ3v) is 6.24. The van der Waals surface area contributed by atoms with Crippen LogP contribution in [-0.4, -0.2) is 21.2 Å². The SMILES string of the molecule is N#CCSc1nc2cc(C(=O)NCc3ccccc3Cl)ccc2c(=O)n1Cc1ccccc1. The van der Waals surface area contributed by atoms with Crippen LogP contribution >= 0.6 is 23.4 Å². The summed E-state index contributed by atoms with van der Waals surface area (Å²) in [5, 5.41) is 13.3. The number of benzene rings is 3. The van der Waals surface area contributed by atoms with Gasteiger partial charge in [0.1, 0.15) is 0 Å². The van der Waals surface area contributed by atoms with Gasteiger partial charge < -0.3 is 5.32 Å². The number of nitrogens with zero attached hydrogens (tertiary/aromatic N) is 3. The molecule has 3 aromatic carbocycles. The molecule has 4 aromatic rings. The van der Waals surface area contributed by atoms with E-state index >= 15 is 0 Å². The van der Waals surface area contributed by atoms with Crippen molar-refractivity contribution in [3.63, 3.8) is 0 Å². The predicted molar refractivity (Wildman–Crippen MR) is 131 cm³/mol. The number of hydrogen-bond acceptors (Lipinski definition) is 5. The minimum Gasteiger partial charge on any atom is -0.348 e. The van der Waals surface area contributed by atoms with Gasteiger partial charge in [0.15, 0.2) is 5.16 Å². The van der Waals surface area contributed by atoms with Crippen molar-refractivity contribution in [2.45, 2.75) is 18.2 Å². The van der Waals surface area contributed by atoms with Gasteiger partial charge in [-0.2, -0.15) is 5.26 Å². The molecule has 164 valence electrons. The summed E-state index contributed by atoms with van der Waals surface area (Å²) in [5.41, 5.74) is 2.35. The molecule has 0 unspecified atom stereocenters. The average molecular weight is 475 g/mol. The predicted octanol–water partition coefficient (Wildman–Crippen LogP) is 4.64. The largest absolute Gasteiger partial charge is 0.348 e. The number of halogens is 1. The van der Waals surface area contributed by atoms with E-state index < -0.39 is 0 Å². The number of fused-ring (bicyclic) bond motifs is 1. The molecule has 0 saturated heterocycles. The minimum atomic E-state index is -0.293. The van der Waals surface area contributed by atoms with Gasteiger partial charge in [-0.05, 0) is 35.4 Å². The van der Waals surface area contributed by atoms with Crippen LogP contribution in [0.3, 0.4) is 0 Å². The quantitative estimate of drug-likeness (QED) is 0.311. The summed E-state index contributed by atoms with van der Waals surface area (Å²) >= 11 is 7.35. The molecule has 1 amide bonds. The van der Waals surface area contributed by atoms with Crippen molar-refractivity contribution < 1.29 is 4.79 Å². The molecule has 33 heavy (non-hydrogen) atoms. The summed E-state index contributed by atoms with van der Waals surface area (Å²) in [7, 11) is 0. The lowest BCUT2D eigenvalue weighted by Gasteiger charge is -2.13. The lowest BCUT2D eigenvalue weighted by atomic mass is 10.1. The maximum atomic E-state index is 13.3. The van der Waals surface area contributed by atoms with E-state index in [0.717, 1.165) is 11.1 Å². The zero-order chi connectivity index (χ0) is 23.2. The summed E-state index contributed by atoms with van der Waals surface area (Å²) in [5.74, 6) is -0.136. The number of amides is 1. The Labute approximate surface area is 199 Å². The number of carbonyl (C=O) groups is 1. The van der Waals surface area contributed by atoms with Crippen LogP contribution < -0.4 is 10.9 Å². The van der Waals surface area contributed by atoms with Crippen molar-refractivity contribution in [2.75, 3.05) is 5.75 Å². The van der Waals surface area contributed by atoms with Crippen LogP contribution in [0.4, 0.5) is 0 Å². The van der Waals surface area contributed by atoms with Gasteiger partial charge in [-0.3, -0.25) is 14.2 Å². The molecule has 1 aromatic heterocycles. The topological polar surface area (TPSA) is 87.8 Å². The number of aromatic nitrogens is 2. The van der Waals surface area contributed by atoms with Gasteiger partial charge in [0.05, 0.1) is 29.3 Å². The Morgan fingerprint density at radius 3 is 2.61 bits per heavy atom. The van der Waals surface area contributed by atoms with Gasteiger partial charge in [0.25, 0.3) is 11.5 Å². The van der Waals surface area contributed by atoms with Gasteiger partial charge in [0, 0.05) is 17.1 Å². The monoisotopic (exact) mass is 474 g/mol.